The standard InChI is InChI=1S/C39H71N13O12/c1-19(2)17-27(52-36(62)26(13-14-28(53)54)50-33(59)23(7)48-38(64)30(41)20(3)4)37(63)47-22(6)32(58)49-25(12-10-16-44-39(42)43)35(61)51-24(11-8-9-15-40)34(60)46-21(5)31(57)45-18-29(55)56/h19-27,30H,8-18,40-41H2,1-7H3,(H,45,57)(H,46,60)(H,47,63)(H,48,64)(H,49,58)(H,50,59)(H,51,61)(H,52,62)(H,53,54)(H,55,56)(H4,42,43,44)/t21-,22-,23-,24-,25-,26-,27-,30-/m0/s1. The monoisotopic (exact) mass is 914 g/mol. The van der Waals surface area contributed by atoms with Crippen molar-refractivity contribution in [3.8, 4) is 0 Å². The molecule has 0 bridgehead atoms. The van der Waals surface area contributed by atoms with Gasteiger partial charge in [-0.05, 0) is 84.1 Å². The summed E-state index contributed by atoms with van der Waals surface area (Å²) in [5.74, 6) is -9.64. The molecule has 0 fully saturated rings. The molecule has 0 aliphatic rings. The molecular weight excluding hydrogens is 843 g/mol. The zero-order valence-electron chi connectivity index (χ0n) is 37.8. The zero-order chi connectivity index (χ0) is 49.3. The molecule has 0 saturated carbocycles. The number of hydrogen-bond donors (Lipinski definition) is 14. The Morgan fingerprint density at radius 1 is 0.516 bits per heavy atom. The van der Waals surface area contributed by atoms with E-state index in [0.29, 0.717) is 12.8 Å². The van der Waals surface area contributed by atoms with E-state index in [2.05, 4.69) is 47.5 Å². The van der Waals surface area contributed by atoms with Crippen molar-refractivity contribution in [1.29, 1.82) is 0 Å². The van der Waals surface area contributed by atoms with E-state index in [9.17, 15) is 53.1 Å². The summed E-state index contributed by atoms with van der Waals surface area (Å²) in [5.41, 5.74) is 22.3. The predicted molar refractivity (Wildman–Crippen MR) is 233 cm³/mol. The second-order valence-electron chi connectivity index (χ2n) is 16.1. The lowest BCUT2D eigenvalue weighted by molar-refractivity contribution is -0.139. The van der Waals surface area contributed by atoms with Crippen LogP contribution in [0.15, 0.2) is 4.99 Å². The van der Waals surface area contributed by atoms with Crippen LogP contribution in [0.25, 0.3) is 0 Å². The number of unbranched alkanes of at least 4 members (excludes halogenated alkanes) is 1. The smallest absolute Gasteiger partial charge is 0.322 e. The molecule has 8 atom stereocenters. The summed E-state index contributed by atoms with van der Waals surface area (Å²) in [5, 5.41) is 37.8. The van der Waals surface area contributed by atoms with Gasteiger partial charge in [0.2, 0.25) is 47.3 Å². The molecule has 25 nitrogen and oxygen atoms in total. The van der Waals surface area contributed by atoms with Crippen molar-refractivity contribution in [3.05, 3.63) is 0 Å². The summed E-state index contributed by atoms with van der Waals surface area (Å²) < 4.78 is 0. The Balaban J connectivity index is 6.24. The zero-order valence-corrected chi connectivity index (χ0v) is 37.8. The van der Waals surface area contributed by atoms with Gasteiger partial charge in [-0.1, -0.05) is 27.7 Å². The van der Waals surface area contributed by atoms with Crippen LogP contribution in [0.2, 0.25) is 0 Å². The average molecular weight is 914 g/mol. The maximum Gasteiger partial charge on any atom is 0.322 e. The Kier molecular flexibility index (Phi) is 27.2. The minimum absolute atomic E-state index is 0.0360. The largest absolute Gasteiger partial charge is 0.481 e. The fourth-order valence-corrected chi connectivity index (χ4v) is 5.66. The highest BCUT2D eigenvalue weighted by Crippen LogP contribution is 2.10. The number of amides is 8. The van der Waals surface area contributed by atoms with Crippen molar-refractivity contribution >= 4 is 65.2 Å². The van der Waals surface area contributed by atoms with Gasteiger partial charge in [0, 0.05) is 13.0 Å². The van der Waals surface area contributed by atoms with E-state index in [1.807, 2.05) is 0 Å². The molecule has 8 amide bonds. The van der Waals surface area contributed by atoms with Gasteiger partial charge in [0.15, 0.2) is 5.96 Å². The fourth-order valence-electron chi connectivity index (χ4n) is 5.66. The second kappa shape index (κ2) is 30.1. The number of carboxylic acid groups (broad SMARTS) is 2. The number of guanidine groups is 1. The maximum atomic E-state index is 13.7. The molecule has 0 unspecified atom stereocenters. The molecular formula is C39H71N13O12. The van der Waals surface area contributed by atoms with Gasteiger partial charge < -0.3 is 75.7 Å². The molecule has 0 radical (unpaired) electrons. The first-order valence-corrected chi connectivity index (χ1v) is 21.2. The molecule has 0 aromatic carbocycles. The molecule has 0 aromatic rings. The molecule has 64 heavy (non-hydrogen) atoms. The SMILES string of the molecule is CC(C)C[C@H](NC(=O)[C@H](CCC(=O)O)NC(=O)[C@H](C)NC(=O)[C@@H](N)C(C)C)C(=O)N[C@@H](C)C(=O)N[C@@H](CCCN=C(N)N)C(=O)N[C@@H](CCCCN)C(=O)N[C@@H](C)C(=O)NCC(=O)O. The van der Waals surface area contributed by atoms with E-state index < -0.39 is 120 Å². The number of aliphatic carboxylic acids is 2. The van der Waals surface area contributed by atoms with E-state index in [1.165, 1.54) is 20.8 Å². The number of carboxylic acids is 2. The lowest BCUT2D eigenvalue weighted by Gasteiger charge is -2.27. The van der Waals surface area contributed by atoms with Crippen LogP contribution < -0.4 is 65.5 Å². The molecule has 0 rings (SSSR count). The molecule has 25 heteroatoms. The topological polar surface area (TPSA) is 424 Å². The van der Waals surface area contributed by atoms with Gasteiger partial charge in [-0.2, -0.15) is 0 Å². The summed E-state index contributed by atoms with van der Waals surface area (Å²) in [6.07, 6.45) is 0.165. The van der Waals surface area contributed by atoms with Gasteiger partial charge in [0.05, 0.1) is 6.04 Å². The van der Waals surface area contributed by atoms with Gasteiger partial charge in [-0.15, -0.1) is 0 Å². The summed E-state index contributed by atoms with van der Waals surface area (Å²) >= 11 is 0. The minimum Gasteiger partial charge on any atom is -0.481 e. The number of aliphatic imine (C=N–C) groups is 1. The van der Waals surface area contributed by atoms with Crippen LogP contribution in [-0.4, -0.2) is 143 Å². The molecule has 0 saturated heterocycles. The Labute approximate surface area is 372 Å². The first-order valence-electron chi connectivity index (χ1n) is 21.2. The second-order valence-corrected chi connectivity index (χ2v) is 16.1. The summed E-state index contributed by atoms with van der Waals surface area (Å²) in [7, 11) is 0. The lowest BCUT2D eigenvalue weighted by atomic mass is 10.0. The molecule has 0 spiro atoms. The minimum atomic E-state index is -1.46. The number of nitrogens with one attached hydrogen (secondary N) is 8. The van der Waals surface area contributed by atoms with Gasteiger partial charge in [-0.25, -0.2) is 0 Å². The Hall–Kier alpha value is -6.11. The first-order chi connectivity index (χ1) is 29.8. The number of hydrogen-bond acceptors (Lipinski definition) is 13. The highest BCUT2D eigenvalue weighted by Gasteiger charge is 2.33. The van der Waals surface area contributed by atoms with Crippen LogP contribution in [0.3, 0.4) is 0 Å². The van der Waals surface area contributed by atoms with Crippen molar-refractivity contribution < 1.29 is 58.2 Å². The Morgan fingerprint density at radius 2 is 0.938 bits per heavy atom. The third kappa shape index (κ3) is 23.9. The number of nitrogens with zero attached hydrogens (tertiary/aromatic N) is 1. The summed E-state index contributed by atoms with van der Waals surface area (Å²) in [6, 6.07) is -9.90. The number of nitrogens with two attached hydrogens (primary N) is 4. The molecule has 0 aromatic heterocycles. The highest BCUT2D eigenvalue weighted by molar-refractivity contribution is 5.98. The normalized spacial score (nSPS) is 14.7. The summed E-state index contributed by atoms with van der Waals surface area (Å²) in [6.45, 7) is 10.6. The van der Waals surface area contributed by atoms with Crippen LogP contribution in [0, 0.1) is 11.8 Å². The van der Waals surface area contributed by atoms with Crippen molar-refractivity contribution in [1.82, 2.24) is 42.5 Å². The van der Waals surface area contributed by atoms with E-state index in [0.717, 1.165) is 0 Å². The third-order valence-electron chi connectivity index (χ3n) is 9.47. The third-order valence-corrected chi connectivity index (χ3v) is 9.47. The van der Waals surface area contributed by atoms with E-state index >= 15 is 0 Å². The van der Waals surface area contributed by atoms with Crippen LogP contribution in [0.4, 0.5) is 0 Å². The Morgan fingerprint density at radius 3 is 1.39 bits per heavy atom. The van der Waals surface area contributed by atoms with E-state index in [4.69, 9.17) is 28.0 Å². The number of rotatable bonds is 31. The molecule has 18 N–H and O–H groups in total. The van der Waals surface area contributed by atoms with E-state index in [1.54, 1.807) is 27.7 Å². The fraction of sp³-hybridized carbons (Fsp3) is 0.718. The van der Waals surface area contributed by atoms with Crippen LogP contribution in [0.1, 0.15) is 99.8 Å². The molecule has 364 valence electrons. The van der Waals surface area contributed by atoms with Gasteiger partial charge in [0.25, 0.3) is 0 Å². The molecule has 0 aliphatic carbocycles. The number of carbonyl (C=O) groups is 10. The van der Waals surface area contributed by atoms with Gasteiger partial charge >= 0.3 is 11.9 Å². The van der Waals surface area contributed by atoms with Crippen molar-refractivity contribution in [2.24, 2.45) is 39.8 Å². The Bertz CT molecular complexity index is 1640. The van der Waals surface area contributed by atoms with Crippen LogP contribution >= 0.6 is 0 Å². The highest BCUT2D eigenvalue weighted by atomic mass is 16.4. The van der Waals surface area contributed by atoms with Crippen molar-refractivity contribution in [2.45, 2.75) is 148 Å². The molecule has 0 heterocycles. The lowest BCUT2D eigenvalue weighted by Crippen LogP contribution is -2.59. The van der Waals surface area contributed by atoms with Gasteiger partial charge in [0.1, 0.15) is 48.8 Å². The molecule has 0 aliphatic heterocycles. The van der Waals surface area contributed by atoms with Crippen LogP contribution in [0.5, 0.6) is 0 Å². The predicted octanol–water partition coefficient (Wildman–Crippen LogP) is -4.28. The maximum absolute atomic E-state index is 13.7. The van der Waals surface area contributed by atoms with Gasteiger partial charge in [-0.3, -0.25) is 52.9 Å². The summed E-state index contributed by atoms with van der Waals surface area (Å²) in [4.78, 5) is 132. The first kappa shape index (κ1) is 57.9. The number of carbonyl (C=O) groups excluding carboxylic acids is 8. The quantitative estimate of drug-likeness (QED) is 0.0178. The van der Waals surface area contributed by atoms with Crippen LogP contribution in [-0.2, 0) is 47.9 Å². The average Bonchev–Trinajstić information content (AvgIpc) is 3.20. The van der Waals surface area contributed by atoms with Crippen molar-refractivity contribution in [3.63, 3.8) is 0 Å². The van der Waals surface area contributed by atoms with E-state index in [-0.39, 0.29) is 63.0 Å². The van der Waals surface area contributed by atoms with Crippen molar-refractivity contribution in [2.75, 3.05) is 19.6 Å².